The van der Waals surface area contributed by atoms with E-state index in [4.69, 9.17) is 10.3 Å². The Labute approximate surface area is 86.4 Å². The molecule has 0 saturated carbocycles. The molecule has 0 atom stereocenters. The second kappa shape index (κ2) is 5.84. The zero-order chi connectivity index (χ0) is 11.1. The van der Waals surface area contributed by atoms with Gasteiger partial charge in [-0.25, -0.2) is 4.79 Å². The summed E-state index contributed by atoms with van der Waals surface area (Å²) in [5.74, 6) is 0. The molecule has 0 fully saturated rings. The molecule has 6 nitrogen and oxygen atoms in total. The Balaban J connectivity index is 2.59. The molecule has 1 amide bonds. The molecule has 4 N–H and O–H groups in total. The average molecular weight is 212 g/mol. The van der Waals surface area contributed by atoms with Gasteiger partial charge in [0.15, 0.2) is 0 Å². The van der Waals surface area contributed by atoms with E-state index in [0.29, 0.717) is 11.4 Å². The quantitative estimate of drug-likeness (QED) is 0.559. The number of aliphatic hydroxyl groups excluding tert-OH is 1. The number of carbonyl (C=O) groups excluding carboxylic acids is 1. The van der Waals surface area contributed by atoms with Crippen molar-refractivity contribution in [3.05, 3.63) is 24.3 Å². The molecule has 1 rings (SSSR count). The monoisotopic (exact) mass is 212 g/mol. The lowest BCUT2D eigenvalue weighted by molar-refractivity contribution is 0.131. The van der Waals surface area contributed by atoms with Crippen LogP contribution >= 0.6 is 0 Å². The number of ether oxygens (including phenoxy) is 1. The molecule has 0 radical (unpaired) electrons. The number of rotatable bonds is 4. The van der Waals surface area contributed by atoms with E-state index in [9.17, 15) is 4.79 Å². The highest BCUT2D eigenvalue weighted by Gasteiger charge is 2.05. The van der Waals surface area contributed by atoms with Gasteiger partial charge in [0, 0.05) is 0 Å². The number of hydrogen-bond acceptors (Lipinski definition) is 5. The third-order valence-corrected chi connectivity index (χ3v) is 1.61. The van der Waals surface area contributed by atoms with E-state index in [0.717, 1.165) is 0 Å². The molecule has 15 heavy (non-hydrogen) atoms. The topological polar surface area (TPSA) is 90.8 Å². The molecule has 0 aliphatic carbocycles. The van der Waals surface area contributed by atoms with Crippen molar-refractivity contribution in [3.8, 4) is 0 Å². The van der Waals surface area contributed by atoms with E-state index in [1.165, 1.54) is 0 Å². The van der Waals surface area contributed by atoms with Crippen LogP contribution in [-0.4, -0.2) is 29.6 Å². The van der Waals surface area contributed by atoms with E-state index < -0.39 is 6.09 Å². The SMILES string of the molecule is O=C(Nc1ccccc1NO)OCCO. The molecule has 1 aromatic carbocycles. The maximum absolute atomic E-state index is 11.1. The maximum atomic E-state index is 11.1. The van der Waals surface area contributed by atoms with Crippen LogP contribution in [0.4, 0.5) is 16.2 Å². The van der Waals surface area contributed by atoms with Crippen molar-refractivity contribution in [1.82, 2.24) is 0 Å². The molecular weight excluding hydrogens is 200 g/mol. The predicted molar refractivity (Wildman–Crippen MR) is 53.9 cm³/mol. The van der Waals surface area contributed by atoms with Gasteiger partial charge in [0.2, 0.25) is 0 Å². The zero-order valence-electron chi connectivity index (χ0n) is 7.93. The summed E-state index contributed by atoms with van der Waals surface area (Å²) in [5, 5.41) is 19.6. The largest absolute Gasteiger partial charge is 0.447 e. The number of carbonyl (C=O) groups is 1. The normalized spacial score (nSPS) is 9.47. The first-order valence-corrected chi connectivity index (χ1v) is 4.31. The summed E-state index contributed by atoms with van der Waals surface area (Å²) in [7, 11) is 0. The van der Waals surface area contributed by atoms with Gasteiger partial charge in [-0.05, 0) is 12.1 Å². The highest BCUT2D eigenvalue weighted by molar-refractivity contribution is 5.89. The second-order valence-electron chi connectivity index (χ2n) is 2.64. The third-order valence-electron chi connectivity index (χ3n) is 1.61. The number of hydrogen-bond donors (Lipinski definition) is 4. The van der Waals surface area contributed by atoms with E-state index in [2.05, 4.69) is 10.1 Å². The van der Waals surface area contributed by atoms with Gasteiger partial charge < -0.3 is 9.84 Å². The Hall–Kier alpha value is -1.79. The van der Waals surface area contributed by atoms with Gasteiger partial charge in [0.25, 0.3) is 0 Å². The highest BCUT2D eigenvalue weighted by Crippen LogP contribution is 2.19. The molecule has 0 aromatic heterocycles. The molecule has 0 saturated heterocycles. The van der Waals surface area contributed by atoms with Crippen LogP contribution in [0.3, 0.4) is 0 Å². The number of amides is 1. The summed E-state index contributed by atoms with van der Waals surface area (Å²) in [6.07, 6.45) is -0.688. The van der Waals surface area contributed by atoms with Gasteiger partial charge in [0.1, 0.15) is 6.61 Å². The zero-order valence-corrected chi connectivity index (χ0v) is 7.93. The lowest BCUT2D eigenvalue weighted by atomic mass is 10.3. The first-order chi connectivity index (χ1) is 7.27. The fraction of sp³-hybridized carbons (Fsp3) is 0.222. The molecule has 0 aliphatic heterocycles. The van der Waals surface area contributed by atoms with Gasteiger partial charge in [-0.3, -0.25) is 16.0 Å². The van der Waals surface area contributed by atoms with Gasteiger partial charge >= 0.3 is 6.09 Å². The van der Waals surface area contributed by atoms with Crippen LogP contribution in [0.5, 0.6) is 0 Å². The minimum Gasteiger partial charge on any atom is -0.447 e. The fourth-order valence-electron chi connectivity index (χ4n) is 0.974. The molecular formula is C9H12N2O4. The van der Waals surface area contributed by atoms with Gasteiger partial charge in [-0.1, -0.05) is 12.1 Å². The van der Waals surface area contributed by atoms with Crippen LogP contribution in [-0.2, 0) is 4.74 Å². The van der Waals surface area contributed by atoms with Crippen molar-refractivity contribution < 1.29 is 19.8 Å². The summed E-state index contributed by atoms with van der Waals surface area (Å²) >= 11 is 0. The van der Waals surface area contributed by atoms with Crippen LogP contribution < -0.4 is 10.8 Å². The summed E-state index contributed by atoms with van der Waals surface area (Å²) in [6.45, 7) is -0.298. The summed E-state index contributed by atoms with van der Waals surface area (Å²) in [5.41, 5.74) is 2.69. The van der Waals surface area contributed by atoms with Gasteiger partial charge in [0.05, 0.1) is 18.0 Å². The highest BCUT2D eigenvalue weighted by atomic mass is 16.6. The Bertz CT molecular complexity index is 330. The predicted octanol–water partition coefficient (Wildman–Crippen LogP) is 1.03. The van der Waals surface area contributed by atoms with Crippen molar-refractivity contribution in [3.63, 3.8) is 0 Å². The Morgan fingerprint density at radius 3 is 2.60 bits per heavy atom. The molecule has 6 heteroatoms. The third kappa shape index (κ3) is 3.45. The van der Waals surface area contributed by atoms with Crippen molar-refractivity contribution in [2.75, 3.05) is 24.0 Å². The second-order valence-corrected chi connectivity index (χ2v) is 2.64. The first-order valence-electron chi connectivity index (χ1n) is 4.31. The maximum Gasteiger partial charge on any atom is 0.411 e. The standard InChI is InChI=1S/C9H12N2O4/c12-5-6-15-9(13)10-7-3-1-2-4-8(7)11-14/h1-4,11-12,14H,5-6H2,(H,10,13). The minimum absolute atomic E-state index is 0.0689. The number of benzene rings is 1. The van der Waals surface area contributed by atoms with Crippen LogP contribution in [0.2, 0.25) is 0 Å². The van der Waals surface area contributed by atoms with Crippen molar-refractivity contribution in [1.29, 1.82) is 0 Å². The minimum atomic E-state index is -0.688. The van der Waals surface area contributed by atoms with E-state index in [1.807, 2.05) is 5.48 Å². The number of nitrogens with one attached hydrogen (secondary N) is 2. The fourth-order valence-corrected chi connectivity index (χ4v) is 0.974. The van der Waals surface area contributed by atoms with Crippen LogP contribution in [0.25, 0.3) is 0 Å². The Kier molecular flexibility index (Phi) is 4.39. The van der Waals surface area contributed by atoms with Gasteiger partial charge in [-0.2, -0.15) is 0 Å². The molecule has 0 spiro atoms. The Morgan fingerprint density at radius 2 is 2.00 bits per heavy atom. The molecule has 0 aliphatic rings. The van der Waals surface area contributed by atoms with Gasteiger partial charge in [-0.15, -0.1) is 0 Å². The summed E-state index contributed by atoms with van der Waals surface area (Å²) in [4.78, 5) is 11.1. The van der Waals surface area contributed by atoms with Crippen LogP contribution in [0, 0.1) is 0 Å². The lowest BCUT2D eigenvalue weighted by Gasteiger charge is -2.09. The number of para-hydroxylation sites is 2. The van der Waals surface area contributed by atoms with E-state index in [-0.39, 0.29) is 13.2 Å². The van der Waals surface area contributed by atoms with E-state index in [1.54, 1.807) is 24.3 Å². The van der Waals surface area contributed by atoms with E-state index >= 15 is 0 Å². The van der Waals surface area contributed by atoms with Crippen molar-refractivity contribution >= 4 is 17.5 Å². The summed E-state index contributed by atoms with van der Waals surface area (Å²) in [6, 6.07) is 6.58. The summed E-state index contributed by atoms with van der Waals surface area (Å²) < 4.78 is 4.59. The number of aliphatic hydroxyl groups is 1. The molecule has 0 bridgehead atoms. The Morgan fingerprint density at radius 1 is 1.33 bits per heavy atom. The number of anilines is 2. The van der Waals surface area contributed by atoms with Crippen molar-refractivity contribution in [2.45, 2.75) is 0 Å². The smallest absolute Gasteiger partial charge is 0.411 e. The molecule has 82 valence electrons. The van der Waals surface area contributed by atoms with Crippen LogP contribution in [0.15, 0.2) is 24.3 Å². The van der Waals surface area contributed by atoms with Crippen molar-refractivity contribution in [2.24, 2.45) is 0 Å². The average Bonchev–Trinajstić information content (AvgIpc) is 2.27. The molecule has 0 heterocycles. The molecule has 0 unspecified atom stereocenters. The van der Waals surface area contributed by atoms with Crippen LogP contribution in [0.1, 0.15) is 0 Å². The first kappa shape index (κ1) is 11.3. The molecule has 1 aromatic rings. The lowest BCUT2D eigenvalue weighted by Crippen LogP contribution is -2.16.